The molecular weight excluding hydrogens is 96.0 g/mol. The van der Waals surface area contributed by atoms with Gasteiger partial charge in [0.1, 0.15) is 0 Å². The van der Waals surface area contributed by atoms with Crippen molar-refractivity contribution in [3.8, 4) is 0 Å². The molecule has 0 rings (SSSR count). The Morgan fingerprint density at radius 3 is 1.14 bits per heavy atom. The van der Waals surface area contributed by atoms with Crippen molar-refractivity contribution in [1.29, 1.82) is 0 Å². The maximum Gasteiger partial charge on any atom is -0.0783 e. The van der Waals surface area contributed by atoms with Crippen LogP contribution in [0.3, 0.4) is 0 Å². The molecule has 0 atom stereocenters. The summed E-state index contributed by atoms with van der Waals surface area (Å²) in [6, 6.07) is 0. The van der Waals surface area contributed by atoms with Crippen molar-refractivity contribution in [2.45, 2.75) is 20.0 Å². The maximum absolute atomic E-state index is 9.53. The SMILES string of the molecule is CC(C)[O-].[NH4+].[NH4+].[OH-]. The molecule has 0 radical (unpaired) electrons. The van der Waals surface area contributed by atoms with E-state index in [1.165, 1.54) is 0 Å². The van der Waals surface area contributed by atoms with Gasteiger partial charge in [0.2, 0.25) is 0 Å². The van der Waals surface area contributed by atoms with E-state index in [-0.39, 0.29) is 17.8 Å². The van der Waals surface area contributed by atoms with Gasteiger partial charge in [-0.3, -0.25) is 0 Å². The fourth-order valence-corrected chi connectivity index (χ4v) is 0. The van der Waals surface area contributed by atoms with Crippen molar-refractivity contribution in [3.05, 3.63) is 0 Å². The standard InChI is InChI=1S/C3H7O.2H3N.H2O/c1-3(2)4;;;/h3H,1-2H3;2*1H3;1H2/q-1;;;/p+1. The summed E-state index contributed by atoms with van der Waals surface area (Å²) in [5, 5.41) is 9.53. The third-order valence-electron chi connectivity index (χ3n) is 0. The van der Waals surface area contributed by atoms with Crippen LogP contribution in [0.15, 0.2) is 0 Å². The minimum absolute atomic E-state index is 0. The van der Waals surface area contributed by atoms with Crippen LogP contribution in [-0.2, 0) is 0 Å². The second-order valence-electron chi connectivity index (χ2n) is 1.05. The molecule has 0 aromatic heterocycles. The van der Waals surface area contributed by atoms with E-state index in [1.807, 2.05) is 0 Å². The summed E-state index contributed by atoms with van der Waals surface area (Å²) in [5.41, 5.74) is 0. The molecule has 0 heterocycles. The molecule has 0 bridgehead atoms. The average molecular weight is 112 g/mol. The van der Waals surface area contributed by atoms with Crippen LogP contribution in [0.4, 0.5) is 0 Å². The van der Waals surface area contributed by atoms with Gasteiger partial charge in [-0.05, 0) is 0 Å². The molecule has 0 aliphatic carbocycles. The molecule has 4 nitrogen and oxygen atoms in total. The molecule has 0 saturated heterocycles. The first-order chi connectivity index (χ1) is 1.73. The molecule has 7 heavy (non-hydrogen) atoms. The molecule has 4 heteroatoms. The van der Waals surface area contributed by atoms with Crippen LogP contribution in [0.2, 0.25) is 0 Å². The quantitative estimate of drug-likeness (QED) is 0.468. The van der Waals surface area contributed by atoms with Crippen LogP contribution in [-0.4, -0.2) is 11.6 Å². The van der Waals surface area contributed by atoms with Crippen molar-refractivity contribution in [3.63, 3.8) is 0 Å². The summed E-state index contributed by atoms with van der Waals surface area (Å²) in [6.07, 6.45) is -0.417. The van der Waals surface area contributed by atoms with Gasteiger partial charge in [0, 0.05) is 0 Å². The van der Waals surface area contributed by atoms with Gasteiger partial charge in [-0.15, -0.1) is 6.10 Å². The zero-order valence-electron chi connectivity index (χ0n) is 5.43. The van der Waals surface area contributed by atoms with E-state index in [1.54, 1.807) is 13.8 Å². The Morgan fingerprint density at radius 2 is 1.14 bits per heavy atom. The zero-order valence-corrected chi connectivity index (χ0v) is 5.43. The molecule has 0 aromatic carbocycles. The van der Waals surface area contributed by atoms with Gasteiger partial charge in [0.25, 0.3) is 0 Å². The van der Waals surface area contributed by atoms with Crippen LogP contribution >= 0.6 is 0 Å². The molecule has 0 spiro atoms. The van der Waals surface area contributed by atoms with Crippen LogP contribution in [0.5, 0.6) is 0 Å². The van der Waals surface area contributed by atoms with Gasteiger partial charge >= 0.3 is 0 Å². The van der Waals surface area contributed by atoms with E-state index >= 15 is 0 Å². The lowest BCUT2D eigenvalue weighted by Gasteiger charge is -2.02. The van der Waals surface area contributed by atoms with Crippen LogP contribution in [0.1, 0.15) is 13.8 Å². The fraction of sp³-hybridized carbons (Fsp3) is 1.00. The second-order valence-corrected chi connectivity index (χ2v) is 1.05. The Kier molecular flexibility index (Phi) is 70.1. The van der Waals surface area contributed by atoms with Crippen LogP contribution < -0.4 is 17.4 Å². The van der Waals surface area contributed by atoms with Crippen molar-refractivity contribution in [1.82, 2.24) is 12.3 Å². The molecule has 50 valence electrons. The van der Waals surface area contributed by atoms with E-state index in [0.29, 0.717) is 0 Å². The Balaban J connectivity index is -0.0000000150. The Morgan fingerprint density at radius 1 is 1.14 bits per heavy atom. The first-order valence-corrected chi connectivity index (χ1v) is 1.39. The highest BCUT2D eigenvalue weighted by Gasteiger charge is 1.53. The summed E-state index contributed by atoms with van der Waals surface area (Å²) >= 11 is 0. The molecule has 0 unspecified atom stereocenters. The average Bonchev–Trinajstić information content (AvgIpc) is 0.811. The van der Waals surface area contributed by atoms with Gasteiger partial charge in [-0.25, -0.2) is 0 Å². The highest BCUT2D eigenvalue weighted by molar-refractivity contribution is 4.17. The summed E-state index contributed by atoms with van der Waals surface area (Å²) in [6.45, 7) is 3.22. The van der Waals surface area contributed by atoms with E-state index in [9.17, 15) is 5.11 Å². The number of hydrogen-bond acceptors (Lipinski definition) is 2. The lowest BCUT2D eigenvalue weighted by atomic mass is 10.5. The normalized spacial score (nSPS) is 5.14. The summed E-state index contributed by atoms with van der Waals surface area (Å²) in [5.74, 6) is 0. The van der Waals surface area contributed by atoms with Crippen molar-refractivity contribution in [2.24, 2.45) is 0 Å². The topological polar surface area (TPSA) is 126 Å². The van der Waals surface area contributed by atoms with Gasteiger partial charge in [0.05, 0.1) is 0 Å². The van der Waals surface area contributed by atoms with E-state index in [0.717, 1.165) is 0 Å². The highest BCUT2D eigenvalue weighted by atomic mass is 16.3. The van der Waals surface area contributed by atoms with E-state index < -0.39 is 6.10 Å². The Hall–Kier alpha value is -0.160. The third kappa shape index (κ3) is 3360. The van der Waals surface area contributed by atoms with Crippen LogP contribution in [0, 0.1) is 0 Å². The highest BCUT2D eigenvalue weighted by Crippen LogP contribution is 1.57. The zero-order chi connectivity index (χ0) is 3.58. The van der Waals surface area contributed by atoms with Gasteiger partial charge in [-0.2, -0.15) is 0 Å². The molecule has 9 N–H and O–H groups in total. The Labute approximate surface area is 44.0 Å². The molecule has 0 aliphatic heterocycles. The third-order valence-corrected chi connectivity index (χ3v) is 0. The lowest BCUT2D eigenvalue weighted by Crippen LogP contribution is -2.14. The first kappa shape index (κ1) is 28.9. The largest absolute Gasteiger partial charge is 0.870 e. The second kappa shape index (κ2) is 17.0. The van der Waals surface area contributed by atoms with Crippen molar-refractivity contribution >= 4 is 0 Å². The number of rotatable bonds is 0. The number of hydrogen-bond donors (Lipinski definition) is 2. The summed E-state index contributed by atoms with van der Waals surface area (Å²) in [7, 11) is 0. The molecule has 0 fully saturated rings. The molecule has 0 aliphatic rings. The predicted molar refractivity (Wildman–Crippen MR) is 29.0 cm³/mol. The maximum atomic E-state index is 9.53. The van der Waals surface area contributed by atoms with Gasteiger partial charge < -0.3 is 22.9 Å². The Bertz CT molecular complexity index is 15.7. The van der Waals surface area contributed by atoms with Crippen LogP contribution in [0.25, 0.3) is 0 Å². The fourth-order valence-electron chi connectivity index (χ4n) is 0. The van der Waals surface area contributed by atoms with Crippen molar-refractivity contribution in [2.75, 3.05) is 0 Å². The molecule has 0 amide bonds. The lowest BCUT2D eigenvalue weighted by molar-refractivity contribution is -0.407. The van der Waals surface area contributed by atoms with Gasteiger partial charge in [-0.1, -0.05) is 13.8 Å². The van der Waals surface area contributed by atoms with E-state index in [2.05, 4.69) is 0 Å². The number of quaternary nitrogens is 2. The smallest absolute Gasteiger partial charge is 0.0783 e. The minimum Gasteiger partial charge on any atom is -0.870 e. The van der Waals surface area contributed by atoms with Crippen molar-refractivity contribution < 1.29 is 10.6 Å². The monoisotopic (exact) mass is 112 g/mol. The summed E-state index contributed by atoms with van der Waals surface area (Å²) in [4.78, 5) is 0. The first-order valence-electron chi connectivity index (χ1n) is 1.39. The van der Waals surface area contributed by atoms with Gasteiger partial charge in [0.15, 0.2) is 0 Å². The predicted octanol–water partition coefficient (Wildman–Crippen LogP) is 0.331. The van der Waals surface area contributed by atoms with E-state index in [4.69, 9.17) is 0 Å². The molecule has 0 aromatic rings. The minimum atomic E-state index is -0.417. The molecular formula is C3H16N2O2. The molecule has 0 saturated carbocycles. The summed E-state index contributed by atoms with van der Waals surface area (Å²) < 4.78 is 0.